The highest BCUT2D eigenvalue weighted by Crippen LogP contribution is 2.23. The van der Waals surface area contributed by atoms with Gasteiger partial charge in [0.1, 0.15) is 5.75 Å². The molecule has 7 nitrogen and oxygen atoms in total. The number of anilines is 1. The Morgan fingerprint density at radius 1 is 0.757 bits per heavy atom. The predicted octanol–water partition coefficient (Wildman–Crippen LogP) is 4.65. The zero-order chi connectivity index (χ0) is 25.8. The van der Waals surface area contributed by atoms with E-state index in [0.717, 1.165) is 28.4 Å². The number of hydrogen-bond acceptors (Lipinski definition) is 6. The lowest BCUT2D eigenvalue weighted by molar-refractivity contribution is 0.0742. The highest BCUT2D eigenvalue weighted by molar-refractivity contribution is 6.15. The maximum Gasteiger partial charge on any atom is 0.254 e. The summed E-state index contributed by atoms with van der Waals surface area (Å²) in [7, 11) is 1.64. The van der Waals surface area contributed by atoms with Crippen molar-refractivity contribution in [1.82, 2.24) is 15.1 Å². The number of carbonyl (C=O) groups excluding carboxylic acids is 2. The minimum atomic E-state index is -0.144. The van der Waals surface area contributed by atoms with E-state index in [1.807, 2.05) is 55.5 Å². The van der Waals surface area contributed by atoms with Crippen molar-refractivity contribution >= 4 is 17.5 Å². The Morgan fingerprint density at radius 3 is 2.05 bits per heavy atom. The van der Waals surface area contributed by atoms with Gasteiger partial charge in [0.05, 0.1) is 18.4 Å². The van der Waals surface area contributed by atoms with Crippen molar-refractivity contribution in [1.29, 1.82) is 0 Å². The minimum absolute atomic E-state index is 0.128. The molecule has 1 amide bonds. The van der Waals surface area contributed by atoms with E-state index in [2.05, 4.69) is 15.1 Å². The molecule has 0 radical (unpaired) electrons. The Labute approximate surface area is 216 Å². The van der Waals surface area contributed by atoms with Crippen molar-refractivity contribution in [3.8, 4) is 17.0 Å². The summed E-state index contributed by atoms with van der Waals surface area (Å²) < 4.78 is 5.21. The SMILES string of the molecule is COc1ccc(-c2ccc(N3CCN(C(=O)c4ccccc4C(=O)c4ccc(C)cc4)CC3)nn2)cc1. The Balaban J connectivity index is 1.25. The number of nitrogens with zero attached hydrogens (tertiary/aromatic N) is 4. The van der Waals surface area contributed by atoms with Gasteiger partial charge in [-0.15, -0.1) is 10.2 Å². The summed E-state index contributed by atoms with van der Waals surface area (Å²) in [6, 6.07) is 26.1. The first-order valence-corrected chi connectivity index (χ1v) is 12.3. The molecular formula is C30H28N4O3. The molecule has 1 saturated heterocycles. The number of benzene rings is 3. The van der Waals surface area contributed by atoms with Gasteiger partial charge in [-0.2, -0.15) is 0 Å². The fraction of sp³-hybridized carbons (Fsp3) is 0.200. The summed E-state index contributed by atoms with van der Waals surface area (Å²) in [6.45, 7) is 4.32. The smallest absolute Gasteiger partial charge is 0.254 e. The molecule has 0 spiro atoms. The average molecular weight is 493 g/mol. The number of hydrogen-bond donors (Lipinski definition) is 0. The van der Waals surface area contributed by atoms with Crippen molar-refractivity contribution in [2.75, 3.05) is 38.2 Å². The first-order valence-electron chi connectivity index (χ1n) is 12.3. The van der Waals surface area contributed by atoms with Gasteiger partial charge in [-0.25, -0.2) is 0 Å². The summed E-state index contributed by atoms with van der Waals surface area (Å²) in [5.41, 5.74) is 4.28. The van der Waals surface area contributed by atoms with Crippen LogP contribution in [0.4, 0.5) is 5.82 Å². The normalized spacial score (nSPS) is 13.4. The molecule has 1 aromatic heterocycles. The summed E-state index contributed by atoms with van der Waals surface area (Å²) >= 11 is 0. The third kappa shape index (κ3) is 5.21. The number of ether oxygens (including phenoxy) is 1. The fourth-order valence-electron chi connectivity index (χ4n) is 4.45. The van der Waals surface area contributed by atoms with Gasteiger partial charge in [0, 0.05) is 42.9 Å². The van der Waals surface area contributed by atoms with Gasteiger partial charge in [-0.05, 0) is 49.4 Å². The van der Waals surface area contributed by atoms with Crippen LogP contribution in [0.25, 0.3) is 11.3 Å². The van der Waals surface area contributed by atoms with Gasteiger partial charge in [0.25, 0.3) is 5.91 Å². The van der Waals surface area contributed by atoms with Crippen LogP contribution in [0.15, 0.2) is 84.9 Å². The van der Waals surface area contributed by atoms with Gasteiger partial charge in [-0.1, -0.05) is 48.0 Å². The molecule has 1 fully saturated rings. The number of ketones is 1. The first kappa shape index (κ1) is 24.2. The monoisotopic (exact) mass is 492 g/mol. The lowest BCUT2D eigenvalue weighted by atomic mass is 9.97. The molecule has 4 aromatic rings. The number of piperazine rings is 1. The third-order valence-electron chi connectivity index (χ3n) is 6.64. The summed E-state index contributed by atoms with van der Waals surface area (Å²) in [4.78, 5) is 30.5. The summed E-state index contributed by atoms with van der Waals surface area (Å²) in [5.74, 6) is 1.30. The fourth-order valence-corrected chi connectivity index (χ4v) is 4.45. The summed E-state index contributed by atoms with van der Waals surface area (Å²) in [6.07, 6.45) is 0. The van der Waals surface area contributed by atoms with E-state index in [1.54, 1.807) is 48.4 Å². The van der Waals surface area contributed by atoms with E-state index in [0.29, 0.717) is 42.9 Å². The van der Waals surface area contributed by atoms with Crippen molar-refractivity contribution < 1.29 is 14.3 Å². The lowest BCUT2D eigenvalue weighted by Crippen LogP contribution is -2.49. The molecule has 0 aliphatic carbocycles. The van der Waals surface area contributed by atoms with Crippen molar-refractivity contribution in [2.24, 2.45) is 0 Å². The molecule has 3 aromatic carbocycles. The molecule has 0 saturated carbocycles. The summed E-state index contributed by atoms with van der Waals surface area (Å²) in [5, 5.41) is 8.82. The largest absolute Gasteiger partial charge is 0.497 e. The Hall–Kier alpha value is -4.52. The number of rotatable bonds is 6. The highest BCUT2D eigenvalue weighted by atomic mass is 16.5. The van der Waals surface area contributed by atoms with Gasteiger partial charge >= 0.3 is 0 Å². The molecule has 2 heterocycles. The standard InChI is InChI=1S/C30H28N4O3/c1-21-7-9-23(10-8-21)29(35)25-5-3-4-6-26(25)30(36)34-19-17-33(18-20-34)28-16-15-27(31-32-28)22-11-13-24(37-2)14-12-22/h3-16H,17-20H2,1-2H3. The zero-order valence-corrected chi connectivity index (χ0v) is 20.9. The number of carbonyl (C=O) groups is 2. The molecule has 186 valence electrons. The second kappa shape index (κ2) is 10.6. The molecule has 5 rings (SSSR count). The highest BCUT2D eigenvalue weighted by Gasteiger charge is 2.26. The number of methoxy groups -OCH3 is 1. The van der Waals surface area contributed by atoms with Gasteiger partial charge < -0.3 is 14.5 Å². The number of aryl methyl sites for hydroxylation is 1. The maximum atomic E-state index is 13.4. The molecule has 1 aliphatic rings. The Morgan fingerprint density at radius 2 is 1.43 bits per heavy atom. The van der Waals surface area contributed by atoms with Crippen molar-refractivity contribution in [3.63, 3.8) is 0 Å². The van der Waals surface area contributed by atoms with E-state index < -0.39 is 0 Å². The zero-order valence-electron chi connectivity index (χ0n) is 20.9. The van der Waals surface area contributed by atoms with Crippen LogP contribution in [0.1, 0.15) is 31.8 Å². The average Bonchev–Trinajstić information content (AvgIpc) is 2.97. The minimum Gasteiger partial charge on any atom is -0.497 e. The van der Waals surface area contributed by atoms with Gasteiger partial charge in [0.15, 0.2) is 11.6 Å². The molecule has 0 bridgehead atoms. The van der Waals surface area contributed by atoms with Crippen LogP contribution in [0.3, 0.4) is 0 Å². The predicted molar refractivity (Wildman–Crippen MR) is 143 cm³/mol. The van der Waals surface area contributed by atoms with Crippen molar-refractivity contribution in [3.05, 3.63) is 107 Å². The molecule has 0 N–H and O–H groups in total. The van der Waals surface area contributed by atoms with E-state index in [-0.39, 0.29) is 11.7 Å². The van der Waals surface area contributed by atoms with Crippen LogP contribution in [0.2, 0.25) is 0 Å². The Kier molecular flexibility index (Phi) is 6.94. The van der Waals surface area contributed by atoms with Crippen LogP contribution < -0.4 is 9.64 Å². The van der Waals surface area contributed by atoms with Gasteiger partial charge in [0.2, 0.25) is 0 Å². The van der Waals surface area contributed by atoms with E-state index in [1.165, 1.54) is 0 Å². The van der Waals surface area contributed by atoms with Crippen LogP contribution in [-0.4, -0.2) is 60.1 Å². The molecule has 1 aliphatic heterocycles. The maximum absolute atomic E-state index is 13.4. The van der Waals surface area contributed by atoms with Crippen LogP contribution >= 0.6 is 0 Å². The first-order chi connectivity index (χ1) is 18.0. The molecule has 37 heavy (non-hydrogen) atoms. The second-order valence-corrected chi connectivity index (χ2v) is 9.03. The van der Waals surface area contributed by atoms with Crippen LogP contribution in [-0.2, 0) is 0 Å². The lowest BCUT2D eigenvalue weighted by Gasteiger charge is -2.35. The van der Waals surface area contributed by atoms with Crippen molar-refractivity contribution in [2.45, 2.75) is 6.92 Å². The second-order valence-electron chi connectivity index (χ2n) is 9.03. The molecule has 0 unspecified atom stereocenters. The van der Waals surface area contributed by atoms with Crippen LogP contribution in [0, 0.1) is 6.92 Å². The Bertz CT molecular complexity index is 1390. The number of amides is 1. The van der Waals surface area contributed by atoms with E-state index in [9.17, 15) is 9.59 Å². The third-order valence-corrected chi connectivity index (χ3v) is 6.64. The number of aromatic nitrogens is 2. The van der Waals surface area contributed by atoms with Gasteiger partial charge in [-0.3, -0.25) is 9.59 Å². The van der Waals surface area contributed by atoms with E-state index >= 15 is 0 Å². The van der Waals surface area contributed by atoms with Crippen LogP contribution in [0.5, 0.6) is 5.75 Å². The van der Waals surface area contributed by atoms with E-state index in [4.69, 9.17) is 4.74 Å². The molecular weight excluding hydrogens is 464 g/mol. The topological polar surface area (TPSA) is 75.6 Å². The molecule has 0 atom stereocenters. The quantitative estimate of drug-likeness (QED) is 0.365. The molecule has 7 heteroatoms.